The number of anilines is 1. The molecule has 0 saturated carbocycles. The van der Waals surface area contributed by atoms with Gasteiger partial charge in [0.05, 0.1) is 0 Å². The van der Waals surface area contributed by atoms with E-state index in [1.165, 1.54) is 5.56 Å². The summed E-state index contributed by atoms with van der Waals surface area (Å²) in [7, 11) is 0. The zero-order valence-corrected chi connectivity index (χ0v) is 12.7. The Bertz CT molecular complexity index is 447. The van der Waals surface area contributed by atoms with E-state index in [0.717, 1.165) is 17.7 Å². The van der Waals surface area contributed by atoms with Gasteiger partial charge in [-0.15, -0.1) is 0 Å². The Balaban J connectivity index is 2.58. The van der Waals surface area contributed by atoms with Crippen LogP contribution in [0.4, 0.5) is 5.69 Å². The quantitative estimate of drug-likeness (QED) is 0.873. The number of nitrogens with two attached hydrogens (primary N) is 1. The van der Waals surface area contributed by atoms with Gasteiger partial charge in [-0.25, -0.2) is 0 Å². The predicted molar refractivity (Wildman–Crippen MR) is 81.2 cm³/mol. The first-order chi connectivity index (χ1) is 8.69. The average Bonchev–Trinajstić information content (AvgIpc) is 2.21. The van der Waals surface area contributed by atoms with Gasteiger partial charge in [0.25, 0.3) is 0 Å². The molecule has 0 radical (unpaired) electrons. The molecule has 3 N–H and O–H groups in total. The van der Waals surface area contributed by atoms with E-state index in [4.69, 9.17) is 5.73 Å². The third kappa shape index (κ3) is 5.43. The maximum Gasteiger partial charge on any atom is 0.225 e. The number of benzene rings is 1. The molecule has 1 atom stereocenters. The Morgan fingerprint density at radius 2 is 1.95 bits per heavy atom. The van der Waals surface area contributed by atoms with Crippen molar-refractivity contribution in [2.75, 3.05) is 5.32 Å². The van der Waals surface area contributed by atoms with Crippen molar-refractivity contribution in [2.45, 2.75) is 53.5 Å². The second kappa shape index (κ2) is 6.20. The maximum absolute atomic E-state index is 12.0. The Morgan fingerprint density at radius 1 is 1.32 bits per heavy atom. The van der Waals surface area contributed by atoms with Crippen molar-refractivity contribution in [2.24, 2.45) is 11.1 Å². The lowest BCUT2D eigenvalue weighted by Gasteiger charge is -2.22. The minimum Gasteiger partial charge on any atom is -0.327 e. The molecule has 0 bridgehead atoms. The Kier molecular flexibility index (Phi) is 5.12. The molecule has 0 spiro atoms. The van der Waals surface area contributed by atoms with Gasteiger partial charge in [0, 0.05) is 18.2 Å². The summed E-state index contributed by atoms with van der Waals surface area (Å²) < 4.78 is 0. The highest BCUT2D eigenvalue weighted by Crippen LogP contribution is 2.22. The van der Waals surface area contributed by atoms with Gasteiger partial charge in [0.2, 0.25) is 5.91 Å². The second-order valence-corrected chi connectivity index (χ2v) is 6.52. The van der Waals surface area contributed by atoms with Crippen molar-refractivity contribution < 1.29 is 4.79 Å². The van der Waals surface area contributed by atoms with Gasteiger partial charge in [-0.3, -0.25) is 4.79 Å². The van der Waals surface area contributed by atoms with Crippen molar-refractivity contribution in [1.82, 2.24) is 0 Å². The second-order valence-electron chi connectivity index (χ2n) is 6.52. The number of carbonyl (C=O) groups is 1. The number of rotatable bonds is 4. The van der Waals surface area contributed by atoms with E-state index >= 15 is 0 Å². The molecule has 1 aromatic carbocycles. The summed E-state index contributed by atoms with van der Waals surface area (Å²) in [5.41, 5.74) is 9.34. The fraction of sp³-hybridized carbons (Fsp3) is 0.562. The van der Waals surface area contributed by atoms with Crippen LogP contribution in [0.5, 0.6) is 0 Å². The van der Waals surface area contributed by atoms with Crippen molar-refractivity contribution in [3.8, 4) is 0 Å². The summed E-state index contributed by atoms with van der Waals surface area (Å²) in [6, 6.07) is 5.82. The van der Waals surface area contributed by atoms with E-state index in [2.05, 4.69) is 26.1 Å². The van der Waals surface area contributed by atoms with Crippen molar-refractivity contribution in [1.29, 1.82) is 0 Å². The topological polar surface area (TPSA) is 55.1 Å². The summed E-state index contributed by atoms with van der Waals surface area (Å²) in [6.07, 6.45) is 1.21. The van der Waals surface area contributed by atoms with Crippen LogP contribution in [-0.4, -0.2) is 11.9 Å². The van der Waals surface area contributed by atoms with Gasteiger partial charge in [-0.2, -0.15) is 0 Å². The lowest BCUT2D eigenvalue weighted by atomic mass is 9.87. The highest BCUT2D eigenvalue weighted by molar-refractivity contribution is 5.92. The number of hydrogen-bond donors (Lipinski definition) is 2. The molecule has 0 aliphatic heterocycles. The fourth-order valence-corrected chi connectivity index (χ4v) is 2.18. The lowest BCUT2D eigenvalue weighted by molar-refractivity contribution is -0.116. The van der Waals surface area contributed by atoms with Crippen LogP contribution >= 0.6 is 0 Å². The third-order valence-electron chi connectivity index (χ3n) is 3.20. The first-order valence-corrected chi connectivity index (χ1v) is 6.81. The molecule has 1 aromatic rings. The molecule has 3 nitrogen and oxygen atoms in total. The molecular weight excluding hydrogens is 236 g/mol. The molecule has 0 heterocycles. The van der Waals surface area contributed by atoms with E-state index < -0.39 is 0 Å². The predicted octanol–water partition coefficient (Wildman–Crippen LogP) is 3.40. The normalized spacial score (nSPS) is 13.2. The first-order valence-electron chi connectivity index (χ1n) is 6.81. The molecule has 19 heavy (non-hydrogen) atoms. The van der Waals surface area contributed by atoms with Crippen LogP contribution in [0.15, 0.2) is 18.2 Å². The van der Waals surface area contributed by atoms with Crippen LogP contribution in [0.1, 0.15) is 44.7 Å². The van der Waals surface area contributed by atoms with Crippen LogP contribution in [-0.2, 0) is 4.79 Å². The van der Waals surface area contributed by atoms with Gasteiger partial charge in [-0.05, 0) is 42.9 Å². The number of aryl methyl sites for hydroxylation is 1. The monoisotopic (exact) mass is 262 g/mol. The molecule has 0 fully saturated rings. The Morgan fingerprint density at radius 3 is 2.53 bits per heavy atom. The van der Waals surface area contributed by atoms with Gasteiger partial charge in [0.15, 0.2) is 0 Å². The number of hydrogen-bond acceptors (Lipinski definition) is 2. The summed E-state index contributed by atoms with van der Waals surface area (Å²) in [5.74, 6) is -0.00884. The summed E-state index contributed by atoms with van der Waals surface area (Å²) in [5, 5.41) is 2.95. The molecule has 0 aromatic heterocycles. The Hall–Kier alpha value is -1.35. The number of carbonyl (C=O) groups excluding carboxylic acids is 1. The van der Waals surface area contributed by atoms with Gasteiger partial charge >= 0.3 is 0 Å². The molecule has 0 aliphatic rings. The molecule has 1 unspecified atom stereocenters. The zero-order valence-electron chi connectivity index (χ0n) is 12.7. The molecule has 106 valence electrons. The van der Waals surface area contributed by atoms with Crippen molar-refractivity contribution >= 4 is 11.6 Å². The van der Waals surface area contributed by atoms with Crippen LogP contribution < -0.4 is 11.1 Å². The molecule has 1 rings (SSSR count). The van der Waals surface area contributed by atoms with E-state index in [1.807, 2.05) is 32.0 Å². The van der Waals surface area contributed by atoms with E-state index in [9.17, 15) is 4.79 Å². The van der Waals surface area contributed by atoms with Crippen LogP contribution in [0.25, 0.3) is 0 Å². The molecular formula is C16H26N2O. The van der Waals surface area contributed by atoms with Gasteiger partial charge < -0.3 is 11.1 Å². The summed E-state index contributed by atoms with van der Waals surface area (Å²) in [6.45, 7) is 10.5. The van der Waals surface area contributed by atoms with Crippen LogP contribution in [0.3, 0.4) is 0 Å². The van der Waals surface area contributed by atoms with Gasteiger partial charge in [0.1, 0.15) is 0 Å². The average molecular weight is 262 g/mol. The van der Waals surface area contributed by atoms with Crippen LogP contribution in [0, 0.1) is 19.3 Å². The molecule has 0 saturated heterocycles. The number of nitrogens with one attached hydrogen (secondary N) is 1. The smallest absolute Gasteiger partial charge is 0.225 e. The molecule has 0 aliphatic carbocycles. The standard InChI is InChI=1S/C16H26N2O/c1-11-7-6-8-14(12(11)2)18-15(19)9-13(17)10-16(3,4)5/h6-8,13H,9-10,17H2,1-5H3,(H,18,19). The van der Waals surface area contributed by atoms with E-state index in [0.29, 0.717) is 6.42 Å². The molecule has 3 heteroatoms. The third-order valence-corrected chi connectivity index (χ3v) is 3.20. The fourth-order valence-electron chi connectivity index (χ4n) is 2.18. The first kappa shape index (κ1) is 15.7. The highest BCUT2D eigenvalue weighted by Gasteiger charge is 2.18. The summed E-state index contributed by atoms with van der Waals surface area (Å²) in [4.78, 5) is 12.0. The van der Waals surface area contributed by atoms with E-state index in [-0.39, 0.29) is 17.4 Å². The zero-order chi connectivity index (χ0) is 14.6. The highest BCUT2D eigenvalue weighted by atomic mass is 16.1. The number of amides is 1. The van der Waals surface area contributed by atoms with Crippen molar-refractivity contribution in [3.63, 3.8) is 0 Å². The molecule has 1 amide bonds. The maximum atomic E-state index is 12.0. The van der Waals surface area contributed by atoms with Gasteiger partial charge in [-0.1, -0.05) is 32.9 Å². The Labute approximate surface area is 116 Å². The van der Waals surface area contributed by atoms with Crippen LogP contribution in [0.2, 0.25) is 0 Å². The minimum absolute atomic E-state index is 0.00884. The van der Waals surface area contributed by atoms with E-state index in [1.54, 1.807) is 0 Å². The SMILES string of the molecule is Cc1cccc(NC(=O)CC(N)CC(C)(C)C)c1C. The summed E-state index contributed by atoms with van der Waals surface area (Å²) >= 11 is 0. The largest absolute Gasteiger partial charge is 0.327 e. The van der Waals surface area contributed by atoms with Crippen molar-refractivity contribution in [3.05, 3.63) is 29.3 Å². The lowest BCUT2D eigenvalue weighted by Crippen LogP contribution is -2.31. The minimum atomic E-state index is -0.0925.